The zero-order chi connectivity index (χ0) is 29.4. The molecule has 11 nitrogen and oxygen atoms in total. The highest BCUT2D eigenvalue weighted by atomic mass is 32.1. The fourth-order valence-electron chi connectivity index (χ4n) is 5.34. The van der Waals surface area contributed by atoms with Gasteiger partial charge in [0.25, 0.3) is 5.56 Å². The number of likely N-dealkylation sites (tertiary alicyclic amines) is 1. The number of aromatic nitrogens is 5. The molecule has 3 aromatic heterocycles. The van der Waals surface area contributed by atoms with E-state index in [-0.39, 0.29) is 37.4 Å². The molecule has 42 heavy (non-hydrogen) atoms. The molecule has 0 aliphatic carbocycles. The average molecular weight is 619 g/mol. The van der Waals surface area contributed by atoms with Crippen LogP contribution in [0.15, 0.2) is 40.2 Å². The van der Waals surface area contributed by atoms with Crippen LogP contribution in [0.3, 0.4) is 0 Å². The van der Waals surface area contributed by atoms with Crippen molar-refractivity contribution in [2.45, 2.75) is 65.3 Å². The highest BCUT2D eigenvalue weighted by Gasteiger charge is 2.31. The maximum absolute atomic E-state index is 14.4. The predicted octanol–water partition coefficient (Wildman–Crippen LogP) is 3.72. The number of amides is 1. The number of ether oxygens (including phenoxy) is 2. The number of methoxy groups -OCH3 is 1. The molecule has 0 spiro atoms. The number of benzene rings is 1. The van der Waals surface area contributed by atoms with Crippen LogP contribution in [0.5, 0.6) is 5.75 Å². The number of rotatable bonds is 9. The van der Waals surface area contributed by atoms with Crippen molar-refractivity contribution in [3.8, 4) is 10.8 Å². The monoisotopic (exact) mass is 618 g/mol. The zero-order valence-corrected chi connectivity index (χ0v) is 26.0. The first-order chi connectivity index (χ1) is 19.6. The smallest absolute Gasteiger partial charge is 0.332 e. The van der Waals surface area contributed by atoms with E-state index in [1.54, 1.807) is 18.7 Å². The Morgan fingerprint density at radius 1 is 1.12 bits per heavy atom. The summed E-state index contributed by atoms with van der Waals surface area (Å²) in [6, 6.07) is 3.09. The van der Waals surface area contributed by atoms with Gasteiger partial charge in [-0.2, -0.15) is 23.7 Å². The molecule has 226 valence electrons. The molecule has 1 aromatic carbocycles. The van der Waals surface area contributed by atoms with Gasteiger partial charge in [0.05, 0.1) is 37.5 Å². The van der Waals surface area contributed by atoms with Crippen molar-refractivity contribution >= 4 is 41.0 Å². The number of aryl methyl sites for hydroxylation is 1. The number of hydrogen-bond acceptors (Lipinski definition) is 8. The SMILES string of the molecule is COc1ccc(F)cc1[C@H](Cn1c(=O)n([C@@H](C)C(=O)N2CCCC2)c(=O)c2c(C)c(-n3nccn3)sc21)OC(C)C.S. The van der Waals surface area contributed by atoms with Gasteiger partial charge >= 0.3 is 5.69 Å². The molecule has 0 radical (unpaired) electrons. The lowest BCUT2D eigenvalue weighted by atomic mass is 10.1. The van der Waals surface area contributed by atoms with Crippen molar-refractivity contribution < 1.29 is 18.7 Å². The highest BCUT2D eigenvalue weighted by molar-refractivity contribution is 7.59. The summed E-state index contributed by atoms with van der Waals surface area (Å²) in [5.74, 6) is -0.364. The van der Waals surface area contributed by atoms with Gasteiger partial charge in [0.2, 0.25) is 5.91 Å². The summed E-state index contributed by atoms with van der Waals surface area (Å²) >= 11 is 1.19. The Kier molecular flexibility index (Phi) is 9.58. The Balaban J connectivity index is 0.00000405. The molecule has 4 heterocycles. The lowest BCUT2D eigenvalue weighted by Crippen LogP contribution is -2.47. The normalized spacial score (nSPS) is 14.8. The van der Waals surface area contributed by atoms with E-state index in [9.17, 15) is 18.8 Å². The molecule has 0 unspecified atom stereocenters. The van der Waals surface area contributed by atoms with Crippen LogP contribution in [0.1, 0.15) is 56.9 Å². The van der Waals surface area contributed by atoms with Crippen molar-refractivity contribution in [1.29, 1.82) is 0 Å². The van der Waals surface area contributed by atoms with Gasteiger partial charge in [-0.1, -0.05) is 11.3 Å². The van der Waals surface area contributed by atoms with Gasteiger partial charge in [-0.25, -0.2) is 13.8 Å². The standard InChI is InChI=1S/C28H33FN6O5S.H2S/c1-16(2)40-22(20-14-19(29)8-9-21(20)39-5)15-33-27-23(17(3)26(41-27)35-30-10-11-31-35)25(37)34(28(33)38)18(4)24(36)32-12-6-7-13-32;/h8-11,14,16,18,22H,6-7,12-13,15H2,1-5H3;1H2/t18-,22-;/m0./s1. The maximum atomic E-state index is 14.4. The summed E-state index contributed by atoms with van der Waals surface area (Å²) in [5, 5.41) is 9.29. The molecule has 1 saturated heterocycles. The minimum Gasteiger partial charge on any atom is -0.496 e. The van der Waals surface area contributed by atoms with E-state index < -0.39 is 29.2 Å². The number of fused-ring (bicyclic) bond motifs is 1. The molecular formula is C28H35FN6O5S2. The number of carbonyl (C=O) groups is 1. The summed E-state index contributed by atoms with van der Waals surface area (Å²) in [6.07, 6.45) is 3.71. The molecular weight excluding hydrogens is 583 g/mol. The van der Waals surface area contributed by atoms with Gasteiger partial charge in [0.15, 0.2) is 0 Å². The summed E-state index contributed by atoms with van der Waals surface area (Å²) in [7, 11) is 1.48. The largest absolute Gasteiger partial charge is 0.496 e. The van der Waals surface area contributed by atoms with E-state index >= 15 is 0 Å². The van der Waals surface area contributed by atoms with E-state index in [2.05, 4.69) is 10.2 Å². The quantitative estimate of drug-likeness (QED) is 0.281. The number of nitrogens with zero attached hydrogens (tertiary/aromatic N) is 6. The second kappa shape index (κ2) is 12.8. The molecule has 14 heteroatoms. The number of carbonyl (C=O) groups excluding carboxylic acids is 1. The fourth-order valence-corrected chi connectivity index (χ4v) is 6.56. The van der Waals surface area contributed by atoms with E-state index in [0.29, 0.717) is 39.8 Å². The Morgan fingerprint density at radius 3 is 2.40 bits per heavy atom. The molecule has 1 aliphatic rings. The number of hydrogen-bond donors (Lipinski definition) is 0. The molecule has 0 bridgehead atoms. The molecule has 0 saturated carbocycles. The molecule has 1 fully saturated rings. The third-order valence-corrected chi connectivity index (χ3v) is 8.58. The van der Waals surface area contributed by atoms with Crippen LogP contribution in [0, 0.1) is 12.7 Å². The first-order valence-corrected chi connectivity index (χ1v) is 14.4. The van der Waals surface area contributed by atoms with Gasteiger partial charge in [-0.15, -0.1) is 4.80 Å². The van der Waals surface area contributed by atoms with E-state index in [1.165, 1.54) is 58.4 Å². The molecule has 1 aliphatic heterocycles. The van der Waals surface area contributed by atoms with Gasteiger partial charge in [-0.05, 0) is 58.7 Å². The van der Waals surface area contributed by atoms with Crippen LogP contribution in [-0.4, -0.2) is 61.2 Å². The molecule has 0 N–H and O–H groups in total. The number of thiophene rings is 1. The fraction of sp³-hybridized carbons (Fsp3) is 0.464. The third kappa shape index (κ3) is 5.75. The second-order valence-corrected chi connectivity index (χ2v) is 11.3. The maximum Gasteiger partial charge on any atom is 0.332 e. The van der Waals surface area contributed by atoms with Crippen LogP contribution in [0.2, 0.25) is 0 Å². The van der Waals surface area contributed by atoms with Crippen molar-refractivity contribution in [2.24, 2.45) is 0 Å². The minimum absolute atomic E-state index is 0. The first kappa shape index (κ1) is 31.4. The second-order valence-electron chi connectivity index (χ2n) is 10.4. The summed E-state index contributed by atoms with van der Waals surface area (Å²) in [6.45, 7) is 8.13. The van der Waals surface area contributed by atoms with Gasteiger partial charge in [0, 0.05) is 24.2 Å². The lowest BCUT2D eigenvalue weighted by Gasteiger charge is -2.25. The Hall–Kier alpha value is -3.49. The molecule has 1 amide bonds. The Morgan fingerprint density at radius 2 is 1.79 bits per heavy atom. The van der Waals surface area contributed by atoms with Crippen molar-refractivity contribution in [3.05, 3.63) is 68.4 Å². The lowest BCUT2D eigenvalue weighted by molar-refractivity contribution is -0.133. The van der Waals surface area contributed by atoms with E-state index in [0.717, 1.165) is 17.4 Å². The Labute approximate surface area is 252 Å². The van der Waals surface area contributed by atoms with Crippen molar-refractivity contribution in [3.63, 3.8) is 0 Å². The molecule has 4 aromatic rings. The van der Waals surface area contributed by atoms with Gasteiger partial charge < -0.3 is 14.4 Å². The van der Waals surface area contributed by atoms with Crippen molar-refractivity contribution in [2.75, 3.05) is 20.2 Å². The predicted molar refractivity (Wildman–Crippen MR) is 163 cm³/mol. The van der Waals surface area contributed by atoms with Crippen LogP contribution < -0.4 is 16.0 Å². The topological polar surface area (TPSA) is 113 Å². The number of halogens is 1. The summed E-state index contributed by atoms with van der Waals surface area (Å²) in [4.78, 5) is 45.1. The zero-order valence-electron chi connectivity index (χ0n) is 24.2. The average Bonchev–Trinajstić information content (AvgIpc) is 3.71. The van der Waals surface area contributed by atoms with Crippen LogP contribution in [0.25, 0.3) is 15.2 Å². The molecule has 5 rings (SSSR count). The van der Waals surface area contributed by atoms with Crippen LogP contribution >= 0.6 is 24.8 Å². The first-order valence-electron chi connectivity index (χ1n) is 13.5. The van der Waals surface area contributed by atoms with Gasteiger partial charge in [0.1, 0.15) is 33.5 Å². The van der Waals surface area contributed by atoms with E-state index in [1.807, 2.05) is 13.8 Å². The minimum atomic E-state index is -1.03. The highest BCUT2D eigenvalue weighted by Crippen LogP contribution is 2.34. The Bertz CT molecular complexity index is 1690. The van der Waals surface area contributed by atoms with E-state index in [4.69, 9.17) is 9.47 Å². The van der Waals surface area contributed by atoms with Crippen LogP contribution in [-0.2, 0) is 16.1 Å². The van der Waals surface area contributed by atoms with Crippen LogP contribution in [0.4, 0.5) is 4.39 Å². The third-order valence-electron chi connectivity index (χ3n) is 7.30. The molecule has 2 atom stereocenters. The summed E-state index contributed by atoms with van der Waals surface area (Å²) in [5.41, 5.74) is -0.212. The van der Waals surface area contributed by atoms with Crippen molar-refractivity contribution in [1.82, 2.24) is 29.0 Å². The summed E-state index contributed by atoms with van der Waals surface area (Å²) < 4.78 is 28.6. The van der Waals surface area contributed by atoms with Gasteiger partial charge in [-0.3, -0.25) is 14.2 Å².